The van der Waals surface area contributed by atoms with E-state index in [-0.39, 0.29) is 24.8 Å². The molecular formula is C23H34Cl2N2O. The summed E-state index contributed by atoms with van der Waals surface area (Å²) in [4.78, 5) is 5.19. The van der Waals surface area contributed by atoms with Gasteiger partial charge in [-0.1, -0.05) is 24.3 Å². The lowest BCUT2D eigenvalue weighted by Crippen LogP contribution is -2.50. The summed E-state index contributed by atoms with van der Waals surface area (Å²) in [5, 5.41) is 0. The predicted octanol–water partition coefficient (Wildman–Crippen LogP) is 5.30. The molecule has 1 saturated heterocycles. The van der Waals surface area contributed by atoms with Crippen LogP contribution in [0.5, 0.6) is 5.75 Å². The number of hydrogen-bond acceptors (Lipinski definition) is 3. The van der Waals surface area contributed by atoms with E-state index in [2.05, 4.69) is 73.0 Å². The molecule has 2 aromatic carbocycles. The van der Waals surface area contributed by atoms with Crippen molar-refractivity contribution in [2.45, 2.75) is 39.7 Å². The number of hydrogen-bond donors (Lipinski definition) is 0. The van der Waals surface area contributed by atoms with Gasteiger partial charge in [-0.25, -0.2) is 0 Å². The number of halogens is 2. The molecule has 2 aromatic rings. The fourth-order valence-corrected chi connectivity index (χ4v) is 3.83. The van der Waals surface area contributed by atoms with Crippen molar-refractivity contribution in [1.82, 2.24) is 4.90 Å². The van der Waals surface area contributed by atoms with Crippen LogP contribution in [0.4, 0.5) is 5.69 Å². The third-order valence-corrected chi connectivity index (χ3v) is 5.86. The molecule has 5 heteroatoms. The quantitative estimate of drug-likeness (QED) is 0.625. The Balaban J connectivity index is 0.00000196. The van der Waals surface area contributed by atoms with E-state index < -0.39 is 0 Å². The third kappa shape index (κ3) is 6.04. The minimum absolute atomic E-state index is 0. The van der Waals surface area contributed by atoms with E-state index in [4.69, 9.17) is 4.74 Å². The Morgan fingerprint density at radius 1 is 0.929 bits per heavy atom. The lowest BCUT2D eigenvalue weighted by molar-refractivity contribution is 0.188. The minimum Gasteiger partial charge on any atom is -0.497 e. The van der Waals surface area contributed by atoms with Crippen LogP contribution >= 0.6 is 24.8 Å². The Bertz CT molecular complexity index is 713. The van der Waals surface area contributed by atoms with Crippen LogP contribution in [0.2, 0.25) is 0 Å². The summed E-state index contributed by atoms with van der Waals surface area (Å²) in [5.74, 6) is 0.935. The van der Waals surface area contributed by atoms with Crippen molar-refractivity contribution in [2.75, 3.05) is 38.2 Å². The van der Waals surface area contributed by atoms with E-state index in [0.29, 0.717) is 6.04 Å². The van der Waals surface area contributed by atoms with Gasteiger partial charge >= 0.3 is 0 Å². The molecule has 1 unspecified atom stereocenters. The van der Waals surface area contributed by atoms with Crippen LogP contribution in [0, 0.1) is 13.8 Å². The van der Waals surface area contributed by atoms with Crippen LogP contribution in [-0.2, 0) is 6.42 Å². The molecule has 0 aromatic heterocycles. The topological polar surface area (TPSA) is 15.7 Å². The highest BCUT2D eigenvalue weighted by atomic mass is 35.5. The van der Waals surface area contributed by atoms with Crippen LogP contribution in [-0.4, -0.2) is 44.2 Å². The normalized spacial score (nSPS) is 15.4. The molecule has 3 rings (SSSR count). The highest BCUT2D eigenvalue weighted by Gasteiger charge is 2.22. The maximum atomic E-state index is 5.24. The van der Waals surface area contributed by atoms with E-state index in [1.807, 2.05) is 0 Å². The monoisotopic (exact) mass is 424 g/mol. The van der Waals surface area contributed by atoms with Crippen LogP contribution in [0.3, 0.4) is 0 Å². The Morgan fingerprint density at radius 2 is 1.57 bits per heavy atom. The Kier molecular flexibility index (Phi) is 10.2. The number of nitrogens with zero attached hydrogens (tertiary/aromatic N) is 2. The number of ether oxygens (including phenoxy) is 1. The molecule has 0 amide bonds. The van der Waals surface area contributed by atoms with Crippen molar-refractivity contribution in [2.24, 2.45) is 0 Å². The molecule has 3 nitrogen and oxygen atoms in total. The summed E-state index contributed by atoms with van der Waals surface area (Å²) in [6.45, 7) is 11.4. The number of rotatable bonds is 6. The summed E-state index contributed by atoms with van der Waals surface area (Å²) in [5.41, 5.74) is 5.62. The van der Waals surface area contributed by atoms with Gasteiger partial charge in [0, 0.05) is 37.9 Å². The molecule has 0 aliphatic carbocycles. The molecule has 1 aliphatic heterocycles. The van der Waals surface area contributed by atoms with Gasteiger partial charge in [0.05, 0.1) is 7.11 Å². The lowest BCUT2D eigenvalue weighted by Gasteiger charge is -2.40. The lowest BCUT2D eigenvalue weighted by atomic mass is 10.0. The second-order valence-corrected chi connectivity index (χ2v) is 7.48. The summed E-state index contributed by atoms with van der Waals surface area (Å²) in [7, 11) is 1.72. The van der Waals surface area contributed by atoms with Gasteiger partial charge in [-0.3, -0.25) is 4.90 Å². The van der Waals surface area contributed by atoms with Crippen molar-refractivity contribution in [3.05, 3.63) is 59.2 Å². The standard InChI is InChI=1S/C23H32N2O.2ClH/c1-18-6-5-7-23(20(18)3)25-16-14-24(15-17-25)19(2)8-9-21-10-12-22(26-4)13-11-21;;/h5-7,10-13,19H,8-9,14-17H2,1-4H3;2*1H. The second kappa shape index (κ2) is 11.5. The van der Waals surface area contributed by atoms with Gasteiger partial charge in [-0.05, 0) is 68.5 Å². The summed E-state index contributed by atoms with van der Waals surface area (Å²) in [6.07, 6.45) is 2.33. The Labute approximate surface area is 182 Å². The van der Waals surface area contributed by atoms with Gasteiger partial charge in [0.1, 0.15) is 5.75 Å². The first-order chi connectivity index (χ1) is 12.6. The van der Waals surface area contributed by atoms with Crippen LogP contribution in [0.1, 0.15) is 30.0 Å². The molecule has 1 aliphatic rings. The Hall–Kier alpha value is -1.42. The molecule has 156 valence electrons. The van der Waals surface area contributed by atoms with Gasteiger partial charge in [0.25, 0.3) is 0 Å². The van der Waals surface area contributed by atoms with Crippen molar-refractivity contribution in [3.63, 3.8) is 0 Å². The van der Waals surface area contributed by atoms with Crippen molar-refractivity contribution in [1.29, 1.82) is 0 Å². The average molecular weight is 425 g/mol. The molecule has 1 heterocycles. The average Bonchev–Trinajstić information content (AvgIpc) is 2.69. The van der Waals surface area contributed by atoms with Gasteiger partial charge in [-0.15, -0.1) is 24.8 Å². The number of anilines is 1. The smallest absolute Gasteiger partial charge is 0.118 e. The maximum absolute atomic E-state index is 5.24. The fraction of sp³-hybridized carbons (Fsp3) is 0.478. The molecular weight excluding hydrogens is 391 g/mol. The molecule has 1 atom stereocenters. The minimum atomic E-state index is 0. The second-order valence-electron chi connectivity index (χ2n) is 7.48. The zero-order chi connectivity index (χ0) is 18.5. The first-order valence-electron chi connectivity index (χ1n) is 9.76. The van der Waals surface area contributed by atoms with Gasteiger partial charge in [0.15, 0.2) is 0 Å². The molecule has 0 bridgehead atoms. The van der Waals surface area contributed by atoms with E-state index in [0.717, 1.165) is 38.3 Å². The van der Waals surface area contributed by atoms with Crippen LogP contribution in [0.15, 0.2) is 42.5 Å². The Morgan fingerprint density at radius 3 is 2.18 bits per heavy atom. The van der Waals surface area contributed by atoms with E-state index in [1.165, 1.54) is 28.8 Å². The highest BCUT2D eigenvalue weighted by Crippen LogP contribution is 2.24. The molecule has 0 spiro atoms. The zero-order valence-electron chi connectivity index (χ0n) is 17.5. The third-order valence-electron chi connectivity index (χ3n) is 5.86. The van der Waals surface area contributed by atoms with E-state index in [1.54, 1.807) is 7.11 Å². The SMILES string of the molecule is COc1ccc(CCC(C)N2CCN(c3cccc(C)c3C)CC2)cc1.Cl.Cl. The first kappa shape index (κ1) is 24.6. The van der Waals surface area contributed by atoms with Crippen molar-refractivity contribution < 1.29 is 4.74 Å². The van der Waals surface area contributed by atoms with Crippen molar-refractivity contribution >= 4 is 30.5 Å². The summed E-state index contributed by atoms with van der Waals surface area (Å²) < 4.78 is 5.24. The van der Waals surface area contributed by atoms with Crippen LogP contribution in [0.25, 0.3) is 0 Å². The number of piperazine rings is 1. The predicted molar refractivity (Wildman–Crippen MR) is 125 cm³/mol. The van der Waals surface area contributed by atoms with Crippen LogP contribution < -0.4 is 9.64 Å². The first-order valence-corrected chi connectivity index (χ1v) is 9.76. The highest BCUT2D eigenvalue weighted by molar-refractivity contribution is 5.85. The number of aryl methyl sites for hydroxylation is 2. The van der Waals surface area contributed by atoms with Gasteiger partial charge in [-0.2, -0.15) is 0 Å². The number of methoxy groups -OCH3 is 1. The molecule has 0 radical (unpaired) electrons. The zero-order valence-corrected chi connectivity index (χ0v) is 19.1. The molecule has 0 N–H and O–H groups in total. The number of benzene rings is 2. The maximum Gasteiger partial charge on any atom is 0.118 e. The van der Waals surface area contributed by atoms with Gasteiger partial charge in [0.2, 0.25) is 0 Å². The van der Waals surface area contributed by atoms with Gasteiger partial charge < -0.3 is 9.64 Å². The van der Waals surface area contributed by atoms with Crippen molar-refractivity contribution in [3.8, 4) is 5.75 Å². The summed E-state index contributed by atoms with van der Waals surface area (Å²) in [6, 6.07) is 15.8. The fourth-order valence-electron chi connectivity index (χ4n) is 3.83. The van der Waals surface area contributed by atoms with E-state index >= 15 is 0 Å². The van der Waals surface area contributed by atoms with E-state index in [9.17, 15) is 0 Å². The molecule has 28 heavy (non-hydrogen) atoms. The molecule has 1 fully saturated rings. The largest absolute Gasteiger partial charge is 0.497 e. The molecule has 0 saturated carbocycles. The summed E-state index contributed by atoms with van der Waals surface area (Å²) >= 11 is 0.